The first-order chi connectivity index (χ1) is 14.2. The zero-order chi connectivity index (χ0) is 19.8. The molecule has 0 N–H and O–H groups in total. The Balaban J connectivity index is 1.35. The van der Waals surface area contributed by atoms with Gasteiger partial charge in [0.1, 0.15) is 9.71 Å². The van der Waals surface area contributed by atoms with E-state index in [1.165, 1.54) is 17.6 Å². The van der Waals surface area contributed by atoms with E-state index in [4.69, 9.17) is 13.6 Å². The zero-order valence-corrected chi connectivity index (χ0v) is 16.0. The molecule has 0 fully saturated rings. The van der Waals surface area contributed by atoms with Crippen LogP contribution in [-0.4, -0.2) is 25.9 Å². The largest absolute Gasteiger partial charge is 0.459 e. The van der Waals surface area contributed by atoms with Gasteiger partial charge in [-0.2, -0.15) is 5.10 Å². The molecule has 0 spiro atoms. The average Bonchev–Trinajstić information content (AvgIpc) is 3.52. The molecule has 9 heteroatoms. The number of aromatic nitrogens is 4. The number of fused-ring (bicyclic) bond motifs is 1. The van der Waals surface area contributed by atoms with Crippen LogP contribution in [0.15, 0.2) is 63.6 Å². The normalized spacial score (nSPS) is 11.2. The summed E-state index contributed by atoms with van der Waals surface area (Å²) < 4.78 is 17.8. The Kier molecular flexibility index (Phi) is 4.21. The first-order valence-electron chi connectivity index (χ1n) is 8.77. The molecule has 144 valence electrons. The summed E-state index contributed by atoms with van der Waals surface area (Å²) in [7, 11) is 0. The van der Waals surface area contributed by atoms with Gasteiger partial charge in [0.25, 0.3) is 11.8 Å². The number of para-hydroxylation sites is 1. The number of furan rings is 1. The number of thiophene rings is 1. The molecule has 0 aliphatic rings. The molecule has 0 unspecified atom stereocenters. The van der Waals surface area contributed by atoms with Crippen LogP contribution >= 0.6 is 11.3 Å². The third-order valence-corrected chi connectivity index (χ3v) is 5.36. The Hall–Kier alpha value is -3.72. The van der Waals surface area contributed by atoms with E-state index in [-0.39, 0.29) is 18.4 Å². The van der Waals surface area contributed by atoms with Gasteiger partial charge in [0.2, 0.25) is 0 Å². The van der Waals surface area contributed by atoms with Crippen LogP contribution in [0.3, 0.4) is 0 Å². The fraction of sp³-hybridized carbons (Fsp3) is 0.100. The summed E-state index contributed by atoms with van der Waals surface area (Å²) in [5, 5.41) is 13.2. The number of ether oxygens (including phenoxy) is 1. The molecule has 1 aromatic carbocycles. The zero-order valence-electron chi connectivity index (χ0n) is 15.2. The van der Waals surface area contributed by atoms with Crippen molar-refractivity contribution in [2.75, 3.05) is 0 Å². The van der Waals surface area contributed by atoms with Crippen LogP contribution in [0.4, 0.5) is 0 Å². The molecular formula is C20H14N4O4S. The third kappa shape index (κ3) is 3.21. The Bertz CT molecular complexity index is 1290. The van der Waals surface area contributed by atoms with Crippen LogP contribution in [0.1, 0.15) is 21.3 Å². The second-order valence-corrected chi connectivity index (χ2v) is 7.25. The van der Waals surface area contributed by atoms with Gasteiger partial charge >= 0.3 is 5.97 Å². The lowest BCUT2D eigenvalue weighted by Gasteiger charge is -2.01. The highest BCUT2D eigenvalue weighted by Crippen LogP contribution is 2.31. The fourth-order valence-corrected chi connectivity index (χ4v) is 3.98. The van der Waals surface area contributed by atoms with E-state index < -0.39 is 5.97 Å². The molecule has 0 aliphatic heterocycles. The van der Waals surface area contributed by atoms with E-state index in [2.05, 4.69) is 15.3 Å². The predicted molar refractivity (Wildman–Crippen MR) is 105 cm³/mol. The number of carbonyl (C=O) groups excluding carboxylic acids is 1. The van der Waals surface area contributed by atoms with Crippen LogP contribution in [0.25, 0.3) is 27.6 Å². The predicted octanol–water partition coefficient (Wildman–Crippen LogP) is 4.40. The number of aryl methyl sites for hydroxylation is 1. The summed E-state index contributed by atoms with van der Waals surface area (Å²) in [6.45, 7) is 1.79. The van der Waals surface area contributed by atoms with Crippen LogP contribution < -0.4 is 0 Å². The summed E-state index contributed by atoms with van der Waals surface area (Å²) in [5.41, 5.74) is 1.78. The first-order valence-corrected chi connectivity index (χ1v) is 9.58. The Labute approximate surface area is 168 Å². The van der Waals surface area contributed by atoms with Gasteiger partial charge in [-0.1, -0.05) is 18.2 Å². The van der Waals surface area contributed by atoms with E-state index >= 15 is 0 Å². The standard InChI is InChI=1S/C20H14N4O4S/c1-12-14-10-16(29-19(14)24(23-12)13-6-3-2-4-7-13)20(25)27-11-17-21-22-18(28-17)15-8-5-9-26-15/h2-10H,11H2,1H3. The highest BCUT2D eigenvalue weighted by atomic mass is 32.1. The third-order valence-electron chi connectivity index (χ3n) is 4.27. The van der Waals surface area contributed by atoms with Crippen molar-refractivity contribution in [2.45, 2.75) is 13.5 Å². The maximum absolute atomic E-state index is 12.5. The van der Waals surface area contributed by atoms with Crippen molar-refractivity contribution in [3.05, 3.63) is 71.3 Å². The lowest BCUT2D eigenvalue weighted by atomic mass is 10.3. The summed E-state index contributed by atoms with van der Waals surface area (Å²) in [6, 6.07) is 15.0. The van der Waals surface area contributed by atoms with E-state index in [1.807, 2.05) is 41.9 Å². The van der Waals surface area contributed by atoms with Gasteiger partial charge in [-0.3, -0.25) is 0 Å². The minimum atomic E-state index is -0.456. The number of nitrogens with zero attached hydrogens (tertiary/aromatic N) is 4. The molecule has 0 aliphatic carbocycles. The molecule has 4 aromatic heterocycles. The number of carbonyl (C=O) groups is 1. The van der Waals surface area contributed by atoms with Crippen LogP contribution in [0, 0.1) is 6.92 Å². The highest BCUT2D eigenvalue weighted by molar-refractivity contribution is 7.20. The average molecular weight is 406 g/mol. The topological polar surface area (TPSA) is 96.2 Å². The first kappa shape index (κ1) is 17.4. The van der Waals surface area contributed by atoms with Crippen molar-refractivity contribution in [2.24, 2.45) is 0 Å². The summed E-state index contributed by atoms with van der Waals surface area (Å²) in [6.07, 6.45) is 1.51. The highest BCUT2D eigenvalue weighted by Gasteiger charge is 2.19. The summed E-state index contributed by atoms with van der Waals surface area (Å²) >= 11 is 1.33. The molecule has 29 heavy (non-hydrogen) atoms. The Morgan fingerprint density at radius 3 is 2.83 bits per heavy atom. The van der Waals surface area contributed by atoms with E-state index in [1.54, 1.807) is 18.2 Å². The maximum atomic E-state index is 12.5. The monoisotopic (exact) mass is 406 g/mol. The van der Waals surface area contributed by atoms with Crippen molar-refractivity contribution in [1.82, 2.24) is 20.0 Å². The van der Waals surface area contributed by atoms with Gasteiger partial charge in [-0.15, -0.1) is 21.5 Å². The molecule has 5 rings (SSSR count). The molecule has 0 radical (unpaired) electrons. The Morgan fingerprint density at radius 1 is 1.17 bits per heavy atom. The molecule has 0 amide bonds. The van der Waals surface area contributed by atoms with Crippen molar-refractivity contribution in [3.63, 3.8) is 0 Å². The Morgan fingerprint density at radius 2 is 2.03 bits per heavy atom. The van der Waals surface area contributed by atoms with Gasteiger partial charge < -0.3 is 13.6 Å². The second kappa shape index (κ2) is 7.02. The lowest BCUT2D eigenvalue weighted by Crippen LogP contribution is -2.03. The van der Waals surface area contributed by atoms with Gasteiger partial charge in [0.05, 0.1) is 17.6 Å². The van der Waals surface area contributed by atoms with Crippen LogP contribution in [0.2, 0.25) is 0 Å². The smallest absolute Gasteiger partial charge is 0.348 e. The fourth-order valence-electron chi connectivity index (χ4n) is 2.90. The van der Waals surface area contributed by atoms with Crippen molar-refractivity contribution >= 4 is 27.5 Å². The molecule has 0 saturated carbocycles. The van der Waals surface area contributed by atoms with Gasteiger partial charge in [-0.25, -0.2) is 9.48 Å². The van der Waals surface area contributed by atoms with E-state index in [9.17, 15) is 4.79 Å². The van der Waals surface area contributed by atoms with Crippen LogP contribution in [-0.2, 0) is 11.3 Å². The minimum absolute atomic E-state index is 0.120. The molecule has 8 nitrogen and oxygen atoms in total. The van der Waals surface area contributed by atoms with Gasteiger partial charge in [0, 0.05) is 5.39 Å². The second-order valence-electron chi connectivity index (χ2n) is 6.22. The molecule has 4 heterocycles. The molecule has 0 atom stereocenters. The number of benzene rings is 1. The van der Waals surface area contributed by atoms with E-state index in [0.29, 0.717) is 10.6 Å². The van der Waals surface area contributed by atoms with Crippen molar-refractivity contribution in [3.8, 4) is 17.3 Å². The molecule has 0 saturated heterocycles. The van der Waals surface area contributed by atoms with E-state index in [0.717, 1.165) is 21.6 Å². The van der Waals surface area contributed by atoms with Gasteiger partial charge in [-0.05, 0) is 37.3 Å². The molecular weight excluding hydrogens is 392 g/mol. The molecule has 0 bridgehead atoms. The lowest BCUT2D eigenvalue weighted by molar-refractivity contribution is 0.0444. The summed E-state index contributed by atoms with van der Waals surface area (Å²) in [4.78, 5) is 13.9. The van der Waals surface area contributed by atoms with Crippen molar-refractivity contribution in [1.29, 1.82) is 0 Å². The maximum Gasteiger partial charge on any atom is 0.348 e. The number of hydrogen-bond acceptors (Lipinski definition) is 8. The SMILES string of the molecule is Cc1nn(-c2ccccc2)c2sc(C(=O)OCc3nnc(-c4ccco4)o3)cc12. The quantitative estimate of drug-likeness (QED) is 0.399. The summed E-state index contributed by atoms with van der Waals surface area (Å²) in [5.74, 6) is 0.433. The van der Waals surface area contributed by atoms with Gasteiger partial charge in [0.15, 0.2) is 12.4 Å². The minimum Gasteiger partial charge on any atom is -0.459 e. The van der Waals surface area contributed by atoms with Crippen LogP contribution in [0.5, 0.6) is 0 Å². The number of esters is 1. The van der Waals surface area contributed by atoms with Crippen molar-refractivity contribution < 1.29 is 18.4 Å². The number of hydrogen-bond donors (Lipinski definition) is 0. The number of rotatable bonds is 5. The molecule has 5 aromatic rings.